The first-order valence-electron chi connectivity index (χ1n) is 4.99. The third-order valence-corrected chi connectivity index (χ3v) is 2.44. The Balaban J connectivity index is 2.66. The lowest BCUT2D eigenvalue weighted by Gasteiger charge is -2.04. The summed E-state index contributed by atoms with van der Waals surface area (Å²) in [6, 6.07) is 4.77. The van der Waals surface area contributed by atoms with Gasteiger partial charge < -0.3 is 14.5 Å². The summed E-state index contributed by atoms with van der Waals surface area (Å²) in [5.41, 5.74) is 1.09. The summed E-state index contributed by atoms with van der Waals surface area (Å²) in [7, 11) is 2.81. The van der Waals surface area contributed by atoms with Crippen molar-refractivity contribution in [3.63, 3.8) is 0 Å². The van der Waals surface area contributed by atoms with Crippen LogP contribution < -0.4 is 5.32 Å². The molecule has 0 aliphatic carbocycles. The molecular weight excluding hydrogens is 222 g/mol. The maximum absolute atomic E-state index is 11.7. The molecule has 0 spiro atoms. The standard InChI is InChI=1S/C12H11NO4/c1-13-11(14)9-6-8(12(15)16-2)5-7-3-4-17-10(7)9/h3-6H,1-2H3,(H,13,14). The van der Waals surface area contributed by atoms with Gasteiger partial charge in [-0.15, -0.1) is 0 Å². The third kappa shape index (κ3) is 1.87. The highest BCUT2D eigenvalue weighted by Gasteiger charge is 2.16. The maximum Gasteiger partial charge on any atom is 0.337 e. The van der Waals surface area contributed by atoms with Gasteiger partial charge in [-0.2, -0.15) is 0 Å². The topological polar surface area (TPSA) is 68.5 Å². The van der Waals surface area contributed by atoms with Gasteiger partial charge in [0.15, 0.2) is 0 Å². The molecule has 17 heavy (non-hydrogen) atoms. The van der Waals surface area contributed by atoms with Gasteiger partial charge in [0.1, 0.15) is 5.58 Å². The van der Waals surface area contributed by atoms with E-state index in [1.54, 1.807) is 12.1 Å². The molecule has 1 heterocycles. The van der Waals surface area contributed by atoms with Crippen molar-refractivity contribution in [1.29, 1.82) is 0 Å². The average Bonchev–Trinajstić information content (AvgIpc) is 2.83. The van der Waals surface area contributed by atoms with E-state index in [4.69, 9.17) is 4.42 Å². The van der Waals surface area contributed by atoms with E-state index >= 15 is 0 Å². The molecule has 0 bridgehead atoms. The molecule has 2 aromatic rings. The monoisotopic (exact) mass is 233 g/mol. The highest BCUT2D eigenvalue weighted by molar-refractivity contribution is 6.07. The fraction of sp³-hybridized carbons (Fsp3) is 0.167. The van der Waals surface area contributed by atoms with Crippen molar-refractivity contribution in [1.82, 2.24) is 5.32 Å². The smallest absolute Gasteiger partial charge is 0.337 e. The SMILES string of the molecule is CNC(=O)c1cc(C(=O)OC)cc2ccoc12. The van der Waals surface area contributed by atoms with Crippen LogP contribution in [0.5, 0.6) is 0 Å². The van der Waals surface area contributed by atoms with Crippen molar-refractivity contribution < 1.29 is 18.7 Å². The molecule has 88 valence electrons. The number of amides is 1. The van der Waals surface area contributed by atoms with Gasteiger partial charge in [-0.25, -0.2) is 4.79 Å². The summed E-state index contributed by atoms with van der Waals surface area (Å²) in [6.45, 7) is 0. The number of esters is 1. The lowest BCUT2D eigenvalue weighted by molar-refractivity contribution is 0.0601. The molecule has 0 radical (unpaired) electrons. The van der Waals surface area contributed by atoms with Crippen LogP contribution in [0.15, 0.2) is 28.9 Å². The number of rotatable bonds is 2. The Labute approximate surface area is 97.4 Å². The van der Waals surface area contributed by atoms with E-state index in [9.17, 15) is 9.59 Å². The largest absolute Gasteiger partial charge is 0.465 e. The minimum atomic E-state index is -0.488. The van der Waals surface area contributed by atoms with Gasteiger partial charge in [-0.3, -0.25) is 4.79 Å². The predicted molar refractivity (Wildman–Crippen MR) is 60.9 cm³/mol. The number of carbonyl (C=O) groups excluding carboxylic acids is 2. The maximum atomic E-state index is 11.7. The first-order chi connectivity index (χ1) is 8.17. The predicted octanol–water partition coefficient (Wildman–Crippen LogP) is 1.58. The average molecular weight is 233 g/mol. The van der Waals surface area contributed by atoms with Crippen LogP contribution >= 0.6 is 0 Å². The molecule has 0 saturated carbocycles. The highest BCUT2D eigenvalue weighted by atomic mass is 16.5. The van der Waals surface area contributed by atoms with E-state index < -0.39 is 5.97 Å². The zero-order chi connectivity index (χ0) is 12.4. The first kappa shape index (κ1) is 11.2. The first-order valence-corrected chi connectivity index (χ1v) is 4.99. The molecule has 1 amide bonds. The van der Waals surface area contributed by atoms with Gasteiger partial charge in [0.25, 0.3) is 5.91 Å². The fourth-order valence-corrected chi connectivity index (χ4v) is 1.62. The van der Waals surface area contributed by atoms with Crippen LogP contribution in [0, 0.1) is 0 Å². The number of fused-ring (bicyclic) bond motifs is 1. The lowest BCUT2D eigenvalue weighted by atomic mass is 10.1. The molecule has 1 aromatic carbocycles. The summed E-state index contributed by atoms with van der Waals surface area (Å²) >= 11 is 0. The Morgan fingerprint density at radius 2 is 2.12 bits per heavy atom. The Kier molecular flexibility index (Phi) is 2.82. The van der Waals surface area contributed by atoms with E-state index in [-0.39, 0.29) is 5.91 Å². The van der Waals surface area contributed by atoms with Crippen LogP contribution in [-0.4, -0.2) is 26.0 Å². The van der Waals surface area contributed by atoms with Crippen molar-refractivity contribution in [2.24, 2.45) is 0 Å². The number of furan rings is 1. The molecule has 0 aliphatic rings. The molecule has 0 aliphatic heterocycles. The summed E-state index contributed by atoms with van der Waals surface area (Å²) < 4.78 is 9.86. The molecule has 0 unspecified atom stereocenters. The highest BCUT2D eigenvalue weighted by Crippen LogP contribution is 2.22. The van der Waals surface area contributed by atoms with E-state index in [0.717, 1.165) is 0 Å². The van der Waals surface area contributed by atoms with E-state index in [1.807, 2.05) is 0 Å². The number of ether oxygens (including phenoxy) is 1. The number of hydrogen-bond acceptors (Lipinski definition) is 4. The van der Waals surface area contributed by atoms with Gasteiger partial charge in [0.05, 0.1) is 24.5 Å². The molecule has 5 heteroatoms. The summed E-state index contributed by atoms with van der Waals surface area (Å²) in [6.07, 6.45) is 1.47. The van der Waals surface area contributed by atoms with E-state index in [2.05, 4.69) is 10.1 Å². The van der Waals surface area contributed by atoms with Crippen LogP contribution in [0.25, 0.3) is 11.0 Å². The van der Waals surface area contributed by atoms with Gasteiger partial charge in [0, 0.05) is 12.4 Å². The van der Waals surface area contributed by atoms with Crippen LogP contribution in [-0.2, 0) is 4.74 Å². The zero-order valence-corrected chi connectivity index (χ0v) is 9.44. The third-order valence-electron chi connectivity index (χ3n) is 2.44. The van der Waals surface area contributed by atoms with Gasteiger partial charge in [-0.05, 0) is 18.2 Å². The van der Waals surface area contributed by atoms with Gasteiger partial charge >= 0.3 is 5.97 Å². The Morgan fingerprint density at radius 3 is 2.76 bits per heavy atom. The summed E-state index contributed by atoms with van der Waals surface area (Å²) in [5.74, 6) is -0.797. The molecular formula is C12H11NO4. The van der Waals surface area contributed by atoms with Gasteiger partial charge in [-0.1, -0.05) is 0 Å². The number of hydrogen-bond donors (Lipinski definition) is 1. The number of carbonyl (C=O) groups is 2. The Hall–Kier alpha value is -2.30. The Morgan fingerprint density at radius 1 is 1.35 bits per heavy atom. The summed E-state index contributed by atoms with van der Waals surface area (Å²) in [5, 5.41) is 3.18. The van der Waals surface area contributed by atoms with Crippen LogP contribution in [0.1, 0.15) is 20.7 Å². The number of benzene rings is 1. The minimum Gasteiger partial charge on any atom is -0.465 e. The van der Waals surface area contributed by atoms with Crippen molar-refractivity contribution in [2.45, 2.75) is 0 Å². The van der Waals surface area contributed by atoms with Crippen molar-refractivity contribution in [2.75, 3.05) is 14.2 Å². The zero-order valence-electron chi connectivity index (χ0n) is 9.44. The quantitative estimate of drug-likeness (QED) is 0.799. The minimum absolute atomic E-state index is 0.310. The normalized spacial score (nSPS) is 10.2. The van der Waals surface area contributed by atoms with Crippen molar-refractivity contribution in [3.05, 3.63) is 35.6 Å². The number of nitrogens with one attached hydrogen (secondary N) is 1. The lowest BCUT2D eigenvalue weighted by Crippen LogP contribution is -2.18. The number of methoxy groups -OCH3 is 1. The Bertz CT molecular complexity index is 585. The van der Waals surface area contributed by atoms with Crippen molar-refractivity contribution >= 4 is 22.8 Å². The second kappa shape index (κ2) is 4.29. The fourth-order valence-electron chi connectivity index (χ4n) is 1.62. The molecule has 5 nitrogen and oxygen atoms in total. The molecule has 0 saturated heterocycles. The van der Waals surface area contributed by atoms with Gasteiger partial charge in [0.2, 0.25) is 0 Å². The second-order valence-electron chi connectivity index (χ2n) is 3.43. The summed E-state index contributed by atoms with van der Waals surface area (Å²) in [4.78, 5) is 23.1. The van der Waals surface area contributed by atoms with Crippen LogP contribution in [0.3, 0.4) is 0 Å². The van der Waals surface area contributed by atoms with Crippen molar-refractivity contribution in [3.8, 4) is 0 Å². The van der Waals surface area contributed by atoms with E-state index in [1.165, 1.54) is 26.5 Å². The molecule has 1 N–H and O–H groups in total. The molecule has 1 aromatic heterocycles. The molecule has 2 rings (SSSR count). The van der Waals surface area contributed by atoms with E-state index in [0.29, 0.717) is 22.1 Å². The molecule has 0 fully saturated rings. The second-order valence-corrected chi connectivity index (χ2v) is 3.43. The molecule has 0 atom stereocenters. The van der Waals surface area contributed by atoms with Crippen LogP contribution in [0.4, 0.5) is 0 Å². The van der Waals surface area contributed by atoms with Crippen LogP contribution in [0.2, 0.25) is 0 Å².